The molecule has 0 bridgehead atoms. The SMILES string of the molecule is CCCNC(=O)CN1CCC(NC(=O)c2cc3c(nc4sccn43)s2)CC1. The highest BCUT2D eigenvalue weighted by Crippen LogP contribution is 2.28. The molecule has 1 aliphatic heterocycles. The maximum atomic E-state index is 12.6. The van der Waals surface area contributed by atoms with E-state index in [2.05, 4.69) is 20.5 Å². The molecule has 4 rings (SSSR count). The molecule has 4 heterocycles. The Morgan fingerprint density at radius 1 is 1.33 bits per heavy atom. The molecule has 0 saturated carbocycles. The number of nitrogens with one attached hydrogen (secondary N) is 2. The van der Waals surface area contributed by atoms with Crippen molar-refractivity contribution in [1.29, 1.82) is 0 Å². The minimum absolute atomic E-state index is 0.0267. The van der Waals surface area contributed by atoms with Gasteiger partial charge in [0.1, 0.15) is 4.83 Å². The Hall–Kier alpha value is -1.97. The van der Waals surface area contributed by atoms with Crippen LogP contribution in [-0.4, -0.2) is 58.3 Å². The average molecular weight is 406 g/mol. The first-order valence-corrected chi connectivity index (χ1v) is 11.0. The van der Waals surface area contributed by atoms with Gasteiger partial charge in [-0.3, -0.25) is 18.9 Å². The topological polar surface area (TPSA) is 78.7 Å². The Balaban J connectivity index is 1.30. The number of aromatic nitrogens is 2. The Morgan fingerprint density at radius 3 is 2.93 bits per heavy atom. The fraction of sp³-hybridized carbons (Fsp3) is 0.500. The number of hydrogen-bond donors (Lipinski definition) is 2. The Bertz CT molecular complexity index is 952. The molecule has 0 unspecified atom stereocenters. The van der Waals surface area contributed by atoms with Crippen LogP contribution in [0.2, 0.25) is 0 Å². The largest absolute Gasteiger partial charge is 0.355 e. The highest BCUT2D eigenvalue weighted by Gasteiger charge is 2.23. The summed E-state index contributed by atoms with van der Waals surface area (Å²) >= 11 is 3.03. The summed E-state index contributed by atoms with van der Waals surface area (Å²) in [6.07, 6.45) is 4.67. The number of piperidine rings is 1. The molecule has 1 fully saturated rings. The van der Waals surface area contributed by atoms with E-state index < -0.39 is 0 Å². The van der Waals surface area contributed by atoms with Gasteiger partial charge in [0.2, 0.25) is 5.91 Å². The van der Waals surface area contributed by atoms with Gasteiger partial charge in [0.05, 0.1) is 16.9 Å². The van der Waals surface area contributed by atoms with Crippen LogP contribution >= 0.6 is 22.7 Å². The van der Waals surface area contributed by atoms with Crippen LogP contribution in [0.15, 0.2) is 17.6 Å². The van der Waals surface area contributed by atoms with E-state index in [0.717, 1.165) is 54.2 Å². The summed E-state index contributed by atoms with van der Waals surface area (Å²) < 4.78 is 2.02. The van der Waals surface area contributed by atoms with Gasteiger partial charge >= 0.3 is 0 Å². The van der Waals surface area contributed by atoms with E-state index in [0.29, 0.717) is 11.4 Å². The first kappa shape index (κ1) is 18.4. The van der Waals surface area contributed by atoms with Crippen molar-refractivity contribution in [3.8, 4) is 0 Å². The van der Waals surface area contributed by atoms with Gasteiger partial charge in [0.25, 0.3) is 5.91 Å². The minimum Gasteiger partial charge on any atom is -0.355 e. The van der Waals surface area contributed by atoms with Crippen LogP contribution in [-0.2, 0) is 4.79 Å². The van der Waals surface area contributed by atoms with Crippen molar-refractivity contribution in [2.45, 2.75) is 32.2 Å². The van der Waals surface area contributed by atoms with E-state index in [9.17, 15) is 9.59 Å². The van der Waals surface area contributed by atoms with Crippen molar-refractivity contribution >= 4 is 49.8 Å². The van der Waals surface area contributed by atoms with Gasteiger partial charge in [-0.2, -0.15) is 0 Å². The molecule has 2 N–H and O–H groups in total. The van der Waals surface area contributed by atoms with E-state index in [1.165, 1.54) is 11.3 Å². The number of carbonyl (C=O) groups is 2. The van der Waals surface area contributed by atoms with Crippen molar-refractivity contribution < 1.29 is 9.59 Å². The van der Waals surface area contributed by atoms with E-state index in [1.54, 1.807) is 11.3 Å². The quantitative estimate of drug-likeness (QED) is 0.660. The Kier molecular flexibility index (Phi) is 5.42. The summed E-state index contributed by atoms with van der Waals surface area (Å²) in [5, 5.41) is 8.05. The highest BCUT2D eigenvalue weighted by molar-refractivity contribution is 7.21. The molecule has 0 spiro atoms. The van der Waals surface area contributed by atoms with Crippen LogP contribution in [0.25, 0.3) is 15.3 Å². The first-order chi connectivity index (χ1) is 13.1. The normalized spacial score (nSPS) is 16.2. The number of nitrogens with zero attached hydrogens (tertiary/aromatic N) is 3. The summed E-state index contributed by atoms with van der Waals surface area (Å²) in [6, 6.07) is 2.08. The summed E-state index contributed by atoms with van der Waals surface area (Å²) in [5.41, 5.74) is 0.995. The molecule has 0 aromatic carbocycles. The zero-order chi connectivity index (χ0) is 18.8. The first-order valence-electron chi connectivity index (χ1n) is 9.29. The van der Waals surface area contributed by atoms with E-state index in [-0.39, 0.29) is 17.9 Å². The molecule has 144 valence electrons. The molecule has 7 nitrogen and oxygen atoms in total. The number of imidazole rings is 1. The lowest BCUT2D eigenvalue weighted by Gasteiger charge is -2.31. The predicted octanol–water partition coefficient (Wildman–Crippen LogP) is 2.33. The fourth-order valence-corrected chi connectivity index (χ4v) is 5.08. The zero-order valence-electron chi connectivity index (χ0n) is 15.2. The number of hydrogen-bond acceptors (Lipinski definition) is 6. The number of rotatable bonds is 6. The second kappa shape index (κ2) is 7.95. The lowest BCUT2D eigenvalue weighted by molar-refractivity contribution is -0.122. The summed E-state index contributed by atoms with van der Waals surface area (Å²) in [4.78, 5) is 33.7. The monoisotopic (exact) mass is 405 g/mol. The van der Waals surface area contributed by atoms with Gasteiger partial charge < -0.3 is 10.6 Å². The van der Waals surface area contributed by atoms with E-state index >= 15 is 0 Å². The highest BCUT2D eigenvalue weighted by atomic mass is 32.1. The molecule has 0 aliphatic carbocycles. The average Bonchev–Trinajstić information content (AvgIpc) is 3.33. The Morgan fingerprint density at radius 2 is 2.15 bits per heavy atom. The molecular formula is C18H23N5O2S2. The summed E-state index contributed by atoms with van der Waals surface area (Å²) in [5.74, 6) is 0.0580. The smallest absolute Gasteiger partial charge is 0.261 e. The molecule has 27 heavy (non-hydrogen) atoms. The molecule has 0 atom stereocenters. The van der Waals surface area contributed by atoms with Gasteiger partial charge in [0, 0.05) is 37.3 Å². The van der Waals surface area contributed by atoms with Crippen molar-refractivity contribution in [1.82, 2.24) is 24.9 Å². The Labute approximate surface area is 165 Å². The minimum atomic E-state index is -0.0267. The molecule has 1 saturated heterocycles. The second-order valence-electron chi connectivity index (χ2n) is 6.84. The van der Waals surface area contributed by atoms with Crippen molar-refractivity contribution in [3.63, 3.8) is 0 Å². The number of carbonyl (C=O) groups excluding carboxylic acids is 2. The summed E-state index contributed by atoms with van der Waals surface area (Å²) in [7, 11) is 0. The molecule has 3 aromatic heterocycles. The van der Waals surface area contributed by atoms with Crippen LogP contribution in [0.3, 0.4) is 0 Å². The van der Waals surface area contributed by atoms with Gasteiger partial charge in [-0.1, -0.05) is 6.92 Å². The molecule has 1 aliphatic rings. The number of amides is 2. The molecule has 9 heteroatoms. The lowest BCUT2D eigenvalue weighted by atomic mass is 10.0. The molecule has 3 aromatic rings. The third kappa shape index (κ3) is 3.99. The van der Waals surface area contributed by atoms with Crippen LogP contribution in [0.4, 0.5) is 0 Å². The molecule has 2 amide bonds. The third-order valence-electron chi connectivity index (χ3n) is 4.83. The van der Waals surface area contributed by atoms with E-state index in [4.69, 9.17) is 0 Å². The van der Waals surface area contributed by atoms with Crippen LogP contribution < -0.4 is 10.6 Å². The predicted molar refractivity (Wildman–Crippen MR) is 109 cm³/mol. The van der Waals surface area contributed by atoms with Crippen LogP contribution in [0.5, 0.6) is 0 Å². The van der Waals surface area contributed by atoms with Crippen molar-refractivity contribution in [2.75, 3.05) is 26.2 Å². The third-order valence-corrected chi connectivity index (χ3v) is 6.60. The zero-order valence-corrected chi connectivity index (χ0v) is 16.9. The standard InChI is InChI=1S/C18H23N5O2S2/c1-2-5-19-15(24)11-22-6-3-12(4-7-22)20-16(25)14-10-13-17(27-14)21-18-23(13)8-9-26-18/h8-10,12H,2-7,11H2,1H3,(H,19,24)(H,20,25). The van der Waals surface area contributed by atoms with Gasteiger partial charge in [-0.15, -0.1) is 22.7 Å². The maximum absolute atomic E-state index is 12.6. The van der Waals surface area contributed by atoms with Crippen LogP contribution in [0.1, 0.15) is 35.9 Å². The summed E-state index contributed by atoms with van der Waals surface area (Å²) in [6.45, 7) is 4.88. The van der Waals surface area contributed by atoms with Crippen molar-refractivity contribution in [3.05, 3.63) is 22.5 Å². The van der Waals surface area contributed by atoms with Crippen LogP contribution in [0, 0.1) is 0 Å². The van der Waals surface area contributed by atoms with E-state index in [1.807, 2.05) is 29.0 Å². The van der Waals surface area contributed by atoms with Gasteiger partial charge in [-0.25, -0.2) is 4.98 Å². The number of likely N-dealkylation sites (tertiary alicyclic amines) is 1. The number of thiazole rings is 1. The van der Waals surface area contributed by atoms with Gasteiger partial charge in [0.15, 0.2) is 4.96 Å². The lowest BCUT2D eigenvalue weighted by Crippen LogP contribution is -2.47. The molecule has 0 radical (unpaired) electrons. The van der Waals surface area contributed by atoms with Crippen molar-refractivity contribution in [2.24, 2.45) is 0 Å². The number of thiophene rings is 1. The molecular weight excluding hydrogens is 382 g/mol. The van der Waals surface area contributed by atoms with Gasteiger partial charge in [-0.05, 0) is 25.3 Å². The second-order valence-corrected chi connectivity index (χ2v) is 8.75. The maximum Gasteiger partial charge on any atom is 0.261 e. The fourth-order valence-electron chi connectivity index (χ4n) is 3.37. The number of fused-ring (bicyclic) bond motifs is 3.